The number of carbonyl (C=O) groups excluding carboxylic acids is 3. The Labute approximate surface area is 251 Å². The van der Waals surface area contributed by atoms with E-state index in [2.05, 4.69) is 5.32 Å². The maximum absolute atomic E-state index is 13.9. The minimum atomic E-state index is -4.00. The number of nitrogens with zero attached hydrogens (tertiary/aromatic N) is 1. The summed E-state index contributed by atoms with van der Waals surface area (Å²) in [6, 6.07) is 20.8. The molecule has 3 N–H and O–H groups in total. The van der Waals surface area contributed by atoms with Gasteiger partial charge in [-0.15, -0.1) is 0 Å². The fourth-order valence-electron chi connectivity index (χ4n) is 6.39. The van der Waals surface area contributed by atoms with Crippen LogP contribution in [0.3, 0.4) is 0 Å². The fraction of sp³-hybridized carbons (Fsp3) is 0.344. The number of primary sulfonamides is 1. The second-order valence-corrected chi connectivity index (χ2v) is 12.5. The normalized spacial score (nSPS) is 20.5. The topological polar surface area (TPSA) is 145 Å². The lowest BCUT2D eigenvalue weighted by Crippen LogP contribution is -2.49. The van der Waals surface area contributed by atoms with Crippen LogP contribution >= 0.6 is 0 Å². The Kier molecular flexibility index (Phi) is 8.57. The number of methoxy groups -OCH3 is 2. The molecule has 0 unspecified atom stereocenters. The average Bonchev–Trinajstić information content (AvgIpc) is 3.03. The van der Waals surface area contributed by atoms with E-state index in [1.807, 2.05) is 59.5 Å². The summed E-state index contributed by atoms with van der Waals surface area (Å²) in [6.45, 7) is 0.884. The molecule has 226 valence electrons. The predicted octanol–water partition coefficient (Wildman–Crippen LogP) is 3.10. The van der Waals surface area contributed by atoms with E-state index < -0.39 is 27.3 Å². The monoisotopic (exact) mass is 605 g/mol. The van der Waals surface area contributed by atoms with Crippen molar-refractivity contribution in [1.29, 1.82) is 0 Å². The number of esters is 1. The van der Waals surface area contributed by atoms with Crippen LogP contribution in [0.2, 0.25) is 0 Å². The third kappa shape index (κ3) is 5.74. The molecule has 0 bridgehead atoms. The lowest BCUT2D eigenvalue weighted by atomic mass is 9.63. The van der Waals surface area contributed by atoms with Gasteiger partial charge in [0.2, 0.25) is 15.9 Å². The van der Waals surface area contributed by atoms with Crippen LogP contribution in [0.1, 0.15) is 58.6 Å². The molecule has 1 fully saturated rings. The fourth-order valence-corrected chi connectivity index (χ4v) is 6.93. The van der Waals surface area contributed by atoms with Crippen LogP contribution in [0.25, 0.3) is 0 Å². The van der Waals surface area contributed by atoms with Crippen LogP contribution in [-0.4, -0.2) is 64.5 Å². The molecule has 10 nitrogen and oxygen atoms in total. The van der Waals surface area contributed by atoms with E-state index in [-0.39, 0.29) is 34.1 Å². The first-order chi connectivity index (χ1) is 20.6. The molecule has 1 aliphatic heterocycles. The zero-order valence-corrected chi connectivity index (χ0v) is 24.9. The first-order valence-corrected chi connectivity index (χ1v) is 15.7. The first kappa shape index (κ1) is 30.2. The van der Waals surface area contributed by atoms with Crippen molar-refractivity contribution in [3.05, 3.63) is 95.1 Å². The third-order valence-corrected chi connectivity index (χ3v) is 9.50. The molecular weight excluding hydrogens is 570 g/mol. The van der Waals surface area contributed by atoms with Gasteiger partial charge in [-0.05, 0) is 60.6 Å². The van der Waals surface area contributed by atoms with Gasteiger partial charge in [0.25, 0.3) is 5.91 Å². The van der Waals surface area contributed by atoms with Crippen molar-refractivity contribution in [2.45, 2.75) is 48.0 Å². The van der Waals surface area contributed by atoms with Crippen LogP contribution in [0.5, 0.6) is 5.75 Å². The Hall–Kier alpha value is -4.22. The van der Waals surface area contributed by atoms with Crippen molar-refractivity contribution in [3.63, 3.8) is 0 Å². The van der Waals surface area contributed by atoms with E-state index in [1.165, 1.54) is 32.4 Å². The van der Waals surface area contributed by atoms with Gasteiger partial charge in [0.1, 0.15) is 11.2 Å². The van der Waals surface area contributed by atoms with Gasteiger partial charge in [0.05, 0.1) is 30.6 Å². The van der Waals surface area contributed by atoms with Crippen molar-refractivity contribution >= 4 is 27.8 Å². The van der Waals surface area contributed by atoms with Gasteiger partial charge in [0, 0.05) is 19.1 Å². The molecule has 0 saturated carbocycles. The minimum absolute atomic E-state index is 0.00808. The molecule has 5 rings (SSSR count). The van der Waals surface area contributed by atoms with Crippen molar-refractivity contribution in [3.8, 4) is 5.75 Å². The van der Waals surface area contributed by atoms with Gasteiger partial charge in [-0.25, -0.2) is 13.6 Å². The van der Waals surface area contributed by atoms with Crippen molar-refractivity contribution in [1.82, 2.24) is 10.2 Å². The van der Waals surface area contributed by atoms with Crippen molar-refractivity contribution < 1.29 is 32.3 Å². The molecule has 2 amide bonds. The first-order valence-electron chi connectivity index (χ1n) is 14.1. The molecule has 1 aliphatic carbocycles. The number of nitrogens with two attached hydrogens (primary N) is 1. The smallest absolute Gasteiger partial charge is 0.320 e. The molecule has 3 aromatic rings. The number of nitrogens with one attached hydrogen (secondary N) is 1. The second-order valence-electron chi connectivity index (χ2n) is 10.9. The van der Waals surface area contributed by atoms with Gasteiger partial charge in [-0.2, -0.15) is 0 Å². The number of benzene rings is 3. The van der Waals surface area contributed by atoms with Gasteiger partial charge in [-0.3, -0.25) is 14.4 Å². The Morgan fingerprint density at radius 1 is 0.930 bits per heavy atom. The lowest BCUT2D eigenvalue weighted by Gasteiger charge is -2.42. The summed E-state index contributed by atoms with van der Waals surface area (Å²) in [5, 5.41) is 8.19. The number of likely N-dealkylation sites (tertiary alicyclic amines) is 1. The summed E-state index contributed by atoms with van der Waals surface area (Å²) < 4.78 is 34.2. The zero-order chi connectivity index (χ0) is 30.8. The number of fused-ring (bicyclic) bond motifs is 1. The molecule has 2 aliphatic rings. The largest absolute Gasteiger partial charge is 0.496 e. The highest BCUT2D eigenvalue weighted by Gasteiger charge is 2.49. The second kappa shape index (κ2) is 12.2. The Bertz CT molecular complexity index is 1640. The molecule has 43 heavy (non-hydrogen) atoms. The molecule has 3 aromatic carbocycles. The van der Waals surface area contributed by atoms with Crippen LogP contribution in [0.15, 0.2) is 77.7 Å². The maximum atomic E-state index is 13.9. The van der Waals surface area contributed by atoms with E-state index in [0.29, 0.717) is 38.8 Å². The van der Waals surface area contributed by atoms with E-state index in [0.717, 1.165) is 16.7 Å². The Balaban J connectivity index is 1.31. The van der Waals surface area contributed by atoms with E-state index >= 15 is 0 Å². The maximum Gasteiger partial charge on any atom is 0.320 e. The summed E-state index contributed by atoms with van der Waals surface area (Å²) >= 11 is 0. The number of carbonyl (C=O) groups is 3. The number of hydrogen-bond acceptors (Lipinski definition) is 7. The van der Waals surface area contributed by atoms with Gasteiger partial charge >= 0.3 is 5.97 Å². The number of rotatable bonds is 7. The molecule has 2 atom stereocenters. The highest BCUT2D eigenvalue weighted by Crippen LogP contribution is 2.48. The number of ether oxygens (including phenoxy) is 2. The number of sulfonamides is 1. The van der Waals surface area contributed by atoms with Crippen LogP contribution in [0.4, 0.5) is 0 Å². The Morgan fingerprint density at radius 3 is 2.26 bits per heavy atom. The summed E-state index contributed by atoms with van der Waals surface area (Å²) in [7, 11) is -1.21. The standard InChI is InChI=1S/C32H35N3O7S/c1-41-28-13-12-23(43(33,39)40)20-26(28)29(36)34-22-15-18-35(19-16-22)30(37)25-14-17-32(31(38)42-2,21-8-4-3-5-9-21)27-11-7-6-10-24(25)27/h3-13,20,22,25H,14-19H2,1-2H3,(H,34,36)(H2,33,39,40)/t25-,32+/m1/s1. The van der Waals surface area contributed by atoms with E-state index in [1.54, 1.807) is 0 Å². The van der Waals surface area contributed by atoms with Gasteiger partial charge < -0.3 is 19.7 Å². The van der Waals surface area contributed by atoms with E-state index in [9.17, 15) is 22.8 Å². The molecule has 11 heteroatoms. The van der Waals surface area contributed by atoms with Crippen molar-refractivity contribution in [2.24, 2.45) is 5.14 Å². The SMILES string of the molecule is COC(=O)[C@]1(c2ccccc2)CC[C@@H](C(=O)N2CCC(NC(=O)c3cc(S(N)(=O)=O)ccc3OC)CC2)c2ccccc21. The summed E-state index contributed by atoms with van der Waals surface area (Å²) in [5.74, 6) is -1.01. The molecule has 1 saturated heterocycles. The van der Waals surface area contributed by atoms with E-state index in [4.69, 9.17) is 14.6 Å². The average molecular weight is 606 g/mol. The number of piperidine rings is 1. The minimum Gasteiger partial charge on any atom is -0.496 e. The van der Waals surface area contributed by atoms with Gasteiger partial charge in [-0.1, -0.05) is 54.6 Å². The summed E-state index contributed by atoms with van der Waals surface area (Å²) in [5.41, 5.74) is 1.52. The number of amides is 2. The van der Waals surface area contributed by atoms with Gasteiger partial charge in [0.15, 0.2) is 0 Å². The molecule has 1 heterocycles. The van der Waals surface area contributed by atoms with Crippen LogP contribution < -0.4 is 15.2 Å². The summed E-state index contributed by atoms with van der Waals surface area (Å²) in [6.07, 6.45) is 1.97. The van der Waals surface area contributed by atoms with Crippen molar-refractivity contribution in [2.75, 3.05) is 27.3 Å². The highest BCUT2D eigenvalue weighted by molar-refractivity contribution is 7.89. The van der Waals surface area contributed by atoms with Crippen LogP contribution in [0, 0.1) is 0 Å². The molecule has 0 radical (unpaired) electrons. The summed E-state index contributed by atoms with van der Waals surface area (Å²) in [4.78, 5) is 42.0. The molecule has 0 spiro atoms. The third-order valence-electron chi connectivity index (χ3n) is 8.59. The quantitative estimate of drug-likeness (QED) is 0.394. The Morgan fingerprint density at radius 2 is 1.60 bits per heavy atom. The zero-order valence-electron chi connectivity index (χ0n) is 24.1. The number of hydrogen-bond donors (Lipinski definition) is 2. The molecular formula is C32H35N3O7S. The predicted molar refractivity (Wildman–Crippen MR) is 159 cm³/mol. The lowest BCUT2D eigenvalue weighted by molar-refractivity contribution is -0.147. The highest BCUT2D eigenvalue weighted by atomic mass is 32.2. The van der Waals surface area contributed by atoms with Crippen LogP contribution in [-0.2, 0) is 29.8 Å². The molecule has 0 aromatic heterocycles.